The molecular formula is C14H16ClN3O2. The molecule has 2 aliphatic heterocycles. The maximum absolute atomic E-state index is 12.3. The predicted molar refractivity (Wildman–Crippen MR) is 74.7 cm³/mol. The minimum atomic E-state index is -0.445. The molecule has 0 radical (unpaired) electrons. The van der Waals surface area contributed by atoms with E-state index in [0.717, 1.165) is 5.56 Å². The van der Waals surface area contributed by atoms with Crippen LogP contribution in [-0.2, 0) is 16.0 Å². The quantitative estimate of drug-likeness (QED) is 0.858. The van der Waals surface area contributed by atoms with E-state index in [1.165, 1.54) is 0 Å². The van der Waals surface area contributed by atoms with Crippen molar-refractivity contribution in [2.24, 2.45) is 10.2 Å². The molecule has 1 fully saturated rings. The molecule has 1 unspecified atom stereocenters. The second-order valence-electron chi connectivity index (χ2n) is 5.30. The van der Waals surface area contributed by atoms with E-state index in [0.29, 0.717) is 31.1 Å². The summed E-state index contributed by atoms with van der Waals surface area (Å²) in [6.07, 6.45) is 0.264. The Labute approximate surface area is 122 Å². The Morgan fingerprint density at radius 3 is 2.80 bits per heavy atom. The highest BCUT2D eigenvalue weighted by molar-refractivity contribution is 6.30. The van der Waals surface area contributed by atoms with E-state index in [1.54, 1.807) is 12.1 Å². The van der Waals surface area contributed by atoms with Crippen LogP contribution in [0.15, 0.2) is 34.5 Å². The monoisotopic (exact) mass is 293 g/mol. The van der Waals surface area contributed by atoms with Gasteiger partial charge >= 0.3 is 0 Å². The van der Waals surface area contributed by atoms with Crippen molar-refractivity contribution < 1.29 is 9.53 Å². The summed E-state index contributed by atoms with van der Waals surface area (Å²) in [6.45, 7) is 3.64. The number of benzene rings is 1. The topological polar surface area (TPSA) is 54.3 Å². The summed E-state index contributed by atoms with van der Waals surface area (Å²) < 4.78 is 5.65. The van der Waals surface area contributed by atoms with E-state index in [9.17, 15) is 4.79 Å². The summed E-state index contributed by atoms with van der Waals surface area (Å²) >= 11 is 5.84. The van der Waals surface area contributed by atoms with Crippen molar-refractivity contribution in [1.82, 2.24) is 4.90 Å². The predicted octanol–water partition coefficient (Wildman–Crippen LogP) is 2.29. The molecule has 1 amide bonds. The first kappa shape index (κ1) is 13.5. The lowest BCUT2D eigenvalue weighted by atomic mass is 10.1. The zero-order valence-electron chi connectivity index (χ0n) is 11.3. The van der Waals surface area contributed by atoms with Crippen molar-refractivity contribution in [2.45, 2.75) is 25.1 Å². The van der Waals surface area contributed by atoms with Gasteiger partial charge < -0.3 is 9.64 Å². The van der Waals surface area contributed by atoms with Gasteiger partial charge in [0.25, 0.3) is 0 Å². The number of amides is 1. The molecule has 20 heavy (non-hydrogen) atoms. The Kier molecular flexibility index (Phi) is 3.48. The lowest BCUT2D eigenvalue weighted by molar-refractivity contribution is -0.139. The van der Waals surface area contributed by atoms with Crippen LogP contribution in [0.1, 0.15) is 12.5 Å². The second kappa shape index (κ2) is 5.14. The van der Waals surface area contributed by atoms with Gasteiger partial charge in [0.05, 0.1) is 19.6 Å². The van der Waals surface area contributed by atoms with Crippen LogP contribution in [-0.4, -0.2) is 42.3 Å². The number of hydrogen-bond donors (Lipinski definition) is 0. The average Bonchev–Trinajstić information content (AvgIpc) is 3.21. The van der Waals surface area contributed by atoms with Gasteiger partial charge in [-0.2, -0.15) is 10.2 Å². The summed E-state index contributed by atoms with van der Waals surface area (Å²) in [6, 6.07) is 7.36. The fraction of sp³-hybridized carbons (Fsp3) is 0.500. The van der Waals surface area contributed by atoms with Gasteiger partial charge in [0.1, 0.15) is 6.10 Å². The molecule has 2 aliphatic rings. The lowest BCUT2D eigenvalue weighted by Crippen LogP contribution is -2.50. The van der Waals surface area contributed by atoms with Gasteiger partial charge in [-0.15, -0.1) is 0 Å². The fourth-order valence-electron chi connectivity index (χ4n) is 2.30. The SMILES string of the molecule is CC1(C2CN(C(=O)Cc3ccc(Cl)cc3)CCO2)N=N1. The van der Waals surface area contributed by atoms with Gasteiger partial charge in [-0.3, -0.25) is 4.79 Å². The van der Waals surface area contributed by atoms with Crippen molar-refractivity contribution in [3.05, 3.63) is 34.9 Å². The zero-order chi connectivity index (χ0) is 14.2. The molecule has 0 bridgehead atoms. The molecule has 5 nitrogen and oxygen atoms in total. The van der Waals surface area contributed by atoms with E-state index in [1.807, 2.05) is 24.0 Å². The van der Waals surface area contributed by atoms with Crippen molar-refractivity contribution in [1.29, 1.82) is 0 Å². The van der Waals surface area contributed by atoms with Gasteiger partial charge in [0.2, 0.25) is 11.6 Å². The van der Waals surface area contributed by atoms with Gasteiger partial charge in [0, 0.05) is 11.6 Å². The summed E-state index contributed by atoms with van der Waals surface area (Å²) in [5.41, 5.74) is 0.522. The Bertz CT molecular complexity index is 538. The van der Waals surface area contributed by atoms with Crippen LogP contribution >= 0.6 is 11.6 Å². The molecule has 1 aromatic rings. The molecule has 0 aliphatic carbocycles. The third-order valence-corrected chi connectivity index (χ3v) is 3.97. The minimum Gasteiger partial charge on any atom is -0.370 e. The Hall–Kier alpha value is -1.46. The van der Waals surface area contributed by atoms with Crippen LogP contribution in [0.4, 0.5) is 0 Å². The first-order chi connectivity index (χ1) is 9.57. The molecule has 106 valence electrons. The van der Waals surface area contributed by atoms with Gasteiger partial charge in [-0.05, 0) is 24.6 Å². The first-order valence-electron chi connectivity index (χ1n) is 6.65. The third kappa shape index (κ3) is 2.83. The molecule has 1 atom stereocenters. The highest BCUT2D eigenvalue weighted by Gasteiger charge is 2.46. The van der Waals surface area contributed by atoms with Crippen LogP contribution in [0, 0.1) is 0 Å². The maximum atomic E-state index is 12.3. The van der Waals surface area contributed by atoms with Crippen LogP contribution in [0.5, 0.6) is 0 Å². The number of rotatable bonds is 3. The third-order valence-electron chi connectivity index (χ3n) is 3.71. The van der Waals surface area contributed by atoms with E-state index in [-0.39, 0.29) is 12.0 Å². The maximum Gasteiger partial charge on any atom is 0.227 e. The van der Waals surface area contributed by atoms with E-state index in [2.05, 4.69) is 10.2 Å². The van der Waals surface area contributed by atoms with Crippen molar-refractivity contribution in [3.8, 4) is 0 Å². The molecule has 0 N–H and O–H groups in total. The number of morpholine rings is 1. The lowest BCUT2D eigenvalue weighted by Gasteiger charge is -2.34. The minimum absolute atomic E-state index is 0.102. The highest BCUT2D eigenvalue weighted by atomic mass is 35.5. The molecule has 0 aromatic heterocycles. The van der Waals surface area contributed by atoms with Gasteiger partial charge in [-0.1, -0.05) is 23.7 Å². The smallest absolute Gasteiger partial charge is 0.227 e. The average molecular weight is 294 g/mol. The summed E-state index contributed by atoms with van der Waals surface area (Å²) in [5, 5.41) is 8.66. The highest BCUT2D eigenvalue weighted by Crippen LogP contribution is 2.34. The Morgan fingerprint density at radius 1 is 1.45 bits per heavy atom. The molecule has 1 aromatic carbocycles. The van der Waals surface area contributed by atoms with Crippen LogP contribution in [0.3, 0.4) is 0 Å². The van der Waals surface area contributed by atoms with Crippen molar-refractivity contribution in [2.75, 3.05) is 19.7 Å². The standard InChI is InChI=1S/C14H16ClN3O2/c1-14(16-17-14)12-9-18(6-7-20-12)13(19)8-10-2-4-11(15)5-3-10/h2-5,12H,6-9H2,1H3. The molecular weight excluding hydrogens is 278 g/mol. The number of ether oxygens (including phenoxy) is 1. The van der Waals surface area contributed by atoms with Crippen molar-refractivity contribution in [3.63, 3.8) is 0 Å². The van der Waals surface area contributed by atoms with E-state index < -0.39 is 5.66 Å². The number of carbonyl (C=O) groups excluding carboxylic acids is 1. The number of nitrogens with zero attached hydrogens (tertiary/aromatic N) is 3. The number of hydrogen-bond acceptors (Lipinski definition) is 4. The Morgan fingerprint density at radius 2 is 2.15 bits per heavy atom. The second-order valence-corrected chi connectivity index (χ2v) is 5.73. The zero-order valence-corrected chi connectivity index (χ0v) is 12.0. The number of carbonyl (C=O) groups is 1. The molecule has 2 heterocycles. The molecule has 0 saturated carbocycles. The number of halogens is 1. The fourth-order valence-corrected chi connectivity index (χ4v) is 2.43. The van der Waals surface area contributed by atoms with E-state index >= 15 is 0 Å². The summed E-state index contributed by atoms with van der Waals surface area (Å²) in [4.78, 5) is 14.2. The molecule has 6 heteroatoms. The van der Waals surface area contributed by atoms with Crippen LogP contribution in [0.25, 0.3) is 0 Å². The molecule has 0 spiro atoms. The van der Waals surface area contributed by atoms with Crippen LogP contribution < -0.4 is 0 Å². The van der Waals surface area contributed by atoms with Gasteiger partial charge in [-0.25, -0.2) is 0 Å². The first-order valence-corrected chi connectivity index (χ1v) is 7.02. The molecule has 3 rings (SSSR count). The van der Waals surface area contributed by atoms with Crippen LogP contribution in [0.2, 0.25) is 5.02 Å². The van der Waals surface area contributed by atoms with Crippen molar-refractivity contribution >= 4 is 17.5 Å². The van der Waals surface area contributed by atoms with Gasteiger partial charge in [0.15, 0.2) is 0 Å². The molecule has 1 saturated heterocycles. The summed E-state index contributed by atoms with van der Waals surface area (Å²) in [7, 11) is 0. The Balaban J connectivity index is 1.60. The largest absolute Gasteiger partial charge is 0.370 e. The van der Waals surface area contributed by atoms with E-state index in [4.69, 9.17) is 16.3 Å². The summed E-state index contributed by atoms with van der Waals surface area (Å²) in [5.74, 6) is 0.102. The normalized spacial score (nSPS) is 23.7.